The summed E-state index contributed by atoms with van der Waals surface area (Å²) in [5, 5.41) is 5.19. The van der Waals surface area contributed by atoms with Gasteiger partial charge in [-0.25, -0.2) is 0 Å². The Morgan fingerprint density at radius 1 is 0.414 bits per heavy atom. The zero-order valence-corrected chi connectivity index (χ0v) is 33.1. The summed E-state index contributed by atoms with van der Waals surface area (Å²) < 4.78 is 2.68. The minimum Gasteiger partial charge on any atom is -0.309 e. The molecule has 0 saturated heterocycles. The van der Waals surface area contributed by atoms with Crippen molar-refractivity contribution in [2.45, 2.75) is 24.7 Å². The lowest BCUT2D eigenvalue weighted by Gasteiger charge is -2.33. The van der Waals surface area contributed by atoms with E-state index >= 15 is 0 Å². The molecule has 0 fully saturated rings. The average molecular weight is 756 g/mol. The molecule has 1 heterocycles. The maximum absolute atomic E-state index is 2.57. The first kappa shape index (κ1) is 32.4. The summed E-state index contributed by atoms with van der Waals surface area (Å²) in [6, 6.07) is 71.1. The predicted octanol–water partition coefficient (Wildman–Crippen LogP) is 15.3. The molecule has 1 nitrogen and oxygen atoms in total. The third-order valence-corrected chi connectivity index (χ3v) is 14.8. The van der Waals surface area contributed by atoms with Gasteiger partial charge in [0, 0.05) is 42.2 Å². The zero-order valence-electron chi connectivity index (χ0n) is 32.3. The van der Waals surface area contributed by atoms with Crippen molar-refractivity contribution in [2.75, 3.05) is 4.90 Å². The first-order valence-corrected chi connectivity index (χ1v) is 21.2. The third kappa shape index (κ3) is 3.96. The topological polar surface area (TPSA) is 3.24 Å². The first-order chi connectivity index (χ1) is 28.5. The minimum absolute atomic E-state index is 0.131. The van der Waals surface area contributed by atoms with Gasteiger partial charge in [0.1, 0.15) is 0 Å². The summed E-state index contributed by atoms with van der Waals surface area (Å²) in [5.74, 6) is 0. The van der Waals surface area contributed by atoms with E-state index in [-0.39, 0.29) is 5.41 Å². The van der Waals surface area contributed by atoms with Crippen molar-refractivity contribution in [3.63, 3.8) is 0 Å². The van der Waals surface area contributed by atoms with Gasteiger partial charge in [0.25, 0.3) is 0 Å². The lowest BCUT2D eigenvalue weighted by Crippen LogP contribution is -2.26. The van der Waals surface area contributed by atoms with Crippen LogP contribution in [0.4, 0.5) is 17.1 Å². The summed E-state index contributed by atoms with van der Waals surface area (Å²) >= 11 is 1.91. The van der Waals surface area contributed by atoms with E-state index in [9.17, 15) is 0 Å². The average Bonchev–Trinajstić information content (AvgIpc) is 3.96. The Hall–Kier alpha value is -6.74. The van der Waals surface area contributed by atoms with Gasteiger partial charge in [-0.2, -0.15) is 0 Å². The number of nitrogens with zero attached hydrogens (tertiary/aromatic N) is 1. The van der Waals surface area contributed by atoms with Crippen LogP contribution in [0, 0.1) is 0 Å². The third-order valence-electron chi connectivity index (χ3n) is 13.7. The van der Waals surface area contributed by atoms with Crippen molar-refractivity contribution in [1.82, 2.24) is 0 Å². The quantitative estimate of drug-likeness (QED) is 0.174. The molecule has 58 heavy (non-hydrogen) atoms. The SMILES string of the molecule is CC1(C)c2ccccc2-c2ccc(N(c3cccc4c3-c3ccccc3C43c4ccccc4-c4ccc5sc6ccccc6c5c43)c3cccc4ccccc34)cc21. The highest BCUT2D eigenvalue weighted by molar-refractivity contribution is 7.25. The van der Waals surface area contributed by atoms with Crippen LogP contribution in [-0.2, 0) is 10.8 Å². The molecule has 13 rings (SSSR count). The van der Waals surface area contributed by atoms with E-state index in [0.717, 1.165) is 0 Å². The number of hydrogen-bond donors (Lipinski definition) is 0. The lowest BCUT2D eigenvalue weighted by atomic mass is 9.69. The van der Waals surface area contributed by atoms with Crippen LogP contribution in [0.5, 0.6) is 0 Å². The number of hydrogen-bond acceptors (Lipinski definition) is 2. The predicted molar refractivity (Wildman–Crippen MR) is 245 cm³/mol. The van der Waals surface area contributed by atoms with Crippen LogP contribution in [0.2, 0.25) is 0 Å². The van der Waals surface area contributed by atoms with E-state index in [1.807, 2.05) is 11.3 Å². The molecular formula is C56H37NS. The van der Waals surface area contributed by atoms with Gasteiger partial charge in [-0.3, -0.25) is 0 Å². The molecule has 1 atom stereocenters. The van der Waals surface area contributed by atoms with Crippen molar-refractivity contribution in [3.8, 4) is 33.4 Å². The maximum Gasteiger partial charge on any atom is 0.0732 e. The second-order valence-corrected chi connectivity index (χ2v) is 17.8. The van der Waals surface area contributed by atoms with E-state index < -0.39 is 5.41 Å². The molecule has 10 aromatic rings. The number of fused-ring (bicyclic) bond motifs is 18. The van der Waals surface area contributed by atoms with Crippen LogP contribution < -0.4 is 4.90 Å². The Morgan fingerprint density at radius 2 is 1.00 bits per heavy atom. The normalized spacial score (nSPS) is 16.3. The van der Waals surface area contributed by atoms with E-state index in [1.165, 1.54) is 115 Å². The molecule has 0 aliphatic heterocycles. The van der Waals surface area contributed by atoms with Gasteiger partial charge in [0.15, 0.2) is 0 Å². The molecule has 0 bridgehead atoms. The number of thiophene rings is 1. The minimum atomic E-state index is -0.497. The van der Waals surface area contributed by atoms with Crippen LogP contribution in [0.25, 0.3) is 64.3 Å². The summed E-state index contributed by atoms with van der Waals surface area (Å²) in [6.45, 7) is 4.77. The summed E-state index contributed by atoms with van der Waals surface area (Å²) in [4.78, 5) is 2.57. The van der Waals surface area contributed by atoms with E-state index in [2.05, 4.69) is 207 Å². The van der Waals surface area contributed by atoms with Gasteiger partial charge in [-0.1, -0.05) is 166 Å². The summed E-state index contributed by atoms with van der Waals surface area (Å²) in [7, 11) is 0. The Balaban J connectivity index is 1.16. The molecule has 1 spiro atoms. The van der Waals surface area contributed by atoms with Gasteiger partial charge in [-0.05, 0) is 103 Å². The fourth-order valence-corrected chi connectivity index (χ4v) is 12.4. The van der Waals surface area contributed by atoms with E-state index in [0.29, 0.717) is 0 Å². The number of anilines is 3. The molecule has 0 radical (unpaired) electrons. The van der Waals surface area contributed by atoms with Gasteiger partial charge in [0.2, 0.25) is 0 Å². The van der Waals surface area contributed by atoms with Gasteiger partial charge < -0.3 is 4.90 Å². The Morgan fingerprint density at radius 3 is 1.84 bits per heavy atom. The molecule has 9 aromatic carbocycles. The highest BCUT2D eigenvalue weighted by Crippen LogP contribution is 2.67. The standard InChI is InChI=1S/C56H37NS/c1-55(2)43-22-9-5-18-37(43)39-30-29-35(33-47(39)55)57(48-26-13-16-34-15-3-4-17-36(34)48)49-27-14-25-46-52(49)41-20-7-11-24-45(41)56(46)44-23-10-6-19-38(44)40-31-32-51-53(54(40)56)42-21-8-12-28-50(42)58-51/h3-33H,1-2H3. The van der Waals surface area contributed by atoms with Crippen molar-refractivity contribution in [1.29, 1.82) is 0 Å². The molecule has 0 N–H and O–H groups in total. The molecule has 0 saturated carbocycles. The van der Waals surface area contributed by atoms with E-state index in [1.54, 1.807) is 0 Å². The Labute approximate surface area is 342 Å². The molecule has 1 aromatic heterocycles. The van der Waals surface area contributed by atoms with Crippen LogP contribution in [0.3, 0.4) is 0 Å². The van der Waals surface area contributed by atoms with Crippen LogP contribution >= 0.6 is 11.3 Å². The largest absolute Gasteiger partial charge is 0.309 e. The monoisotopic (exact) mass is 755 g/mol. The van der Waals surface area contributed by atoms with Crippen molar-refractivity contribution in [2.24, 2.45) is 0 Å². The molecule has 1 unspecified atom stereocenters. The number of benzene rings is 9. The zero-order chi connectivity index (χ0) is 38.3. The van der Waals surface area contributed by atoms with Crippen LogP contribution in [0.15, 0.2) is 188 Å². The highest BCUT2D eigenvalue weighted by atomic mass is 32.1. The van der Waals surface area contributed by atoms with Crippen LogP contribution in [-0.4, -0.2) is 0 Å². The first-order valence-electron chi connectivity index (χ1n) is 20.4. The van der Waals surface area contributed by atoms with Gasteiger partial charge >= 0.3 is 0 Å². The molecule has 272 valence electrons. The summed E-state index contributed by atoms with van der Waals surface area (Å²) in [5.41, 5.74) is 19.1. The second-order valence-electron chi connectivity index (χ2n) is 16.7. The molecular weight excluding hydrogens is 719 g/mol. The molecule has 3 aliphatic rings. The van der Waals surface area contributed by atoms with Crippen LogP contribution in [0.1, 0.15) is 47.2 Å². The lowest BCUT2D eigenvalue weighted by molar-refractivity contribution is 0.660. The Kier molecular flexibility index (Phi) is 6.38. The second kappa shape index (κ2) is 11.4. The van der Waals surface area contributed by atoms with E-state index in [4.69, 9.17) is 0 Å². The highest BCUT2D eigenvalue weighted by Gasteiger charge is 2.53. The molecule has 2 heteroatoms. The van der Waals surface area contributed by atoms with Crippen molar-refractivity contribution in [3.05, 3.63) is 221 Å². The van der Waals surface area contributed by atoms with Crippen molar-refractivity contribution >= 4 is 59.3 Å². The molecule has 0 amide bonds. The maximum atomic E-state index is 2.57. The Bertz CT molecular complexity index is 3400. The van der Waals surface area contributed by atoms with Crippen molar-refractivity contribution < 1.29 is 0 Å². The van der Waals surface area contributed by atoms with Gasteiger partial charge in [0.05, 0.1) is 16.8 Å². The van der Waals surface area contributed by atoms with Gasteiger partial charge in [-0.15, -0.1) is 11.3 Å². The fraction of sp³-hybridized carbons (Fsp3) is 0.0714. The number of rotatable bonds is 3. The smallest absolute Gasteiger partial charge is 0.0732 e. The summed E-state index contributed by atoms with van der Waals surface area (Å²) in [6.07, 6.45) is 0. The molecule has 3 aliphatic carbocycles. The fourth-order valence-electron chi connectivity index (χ4n) is 11.3.